The van der Waals surface area contributed by atoms with Crippen LogP contribution in [-0.4, -0.2) is 33.7 Å². The first-order valence-corrected chi connectivity index (χ1v) is 10.4. The van der Waals surface area contributed by atoms with Gasteiger partial charge in [0.15, 0.2) is 21.3 Å². The summed E-state index contributed by atoms with van der Waals surface area (Å²) in [6.45, 7) is 1.54. The maximum atomic E-state index is 13.0. The molecule has 3 heterocycles. The first-order chi connectivity index (χ1) is 13.1. The van der Waals surface area contributed by atoms with E-state index in [9.17, 15) is 21.6 Å². The van der Waals surface area contributed by atoms with Crippen LogP contribution in [0.2, 0.25) is 0 Å². The minimum absolute atomic E-state index is 0.0280. The van der Waals surface area contributed by atoms with Gasteiger partial charge in [0.05, 0.1) is 16.2 Å². The van der Waals surface area contributed by atoms with Gasteiger partial charge in [0, 0.05) is 19.4 Å². The Bertz CT molecular complexity index is 1180. The zero-order valence-corrected chi connectivity index (χ0v) is 16.0. The smallest absolute Gasteiger partial charge is 0.310 e. The number of imidazole rings is 1. The summed E-state index contributed by atoms with van der Waals surface area (Å²) in [5.41, 5.74) is 0.312. The summed E-state index contributed by atoms with van der Waals surface area (Å²) in [6.07, 6.45) is -0.206. The Kier molecular flexibility index (Phi) is 4.22. The minimum Gasteiger partial charge on any atom is -0.310 e. The lowest BCUT2D eigenvalue weighted by Crippen LogP contribution is -2.09. The molecule has 4 rings (SSSR count). The number of sulfone groups is 1. The van der Waals surface area contributed by atoms with Gasteiger partial charge in [-0.25, -0.2) is 18.4 Å². The molecule has 1 aliphatic rings. The molecule has 1 fully saturated rings. The van der Waals surface area contributed by atoms with Crippen LogP contribution in [0.15, 0.2) is 29.4 Å². The lowest BCUT2D eigenvalue weighted by atomic mass is 10.2. The molecule has 3 aromatic heterocycles. The molecule has 0 atom stereocenters. The van der Waals surface area contributed by atoms with Crippen molar-refractivity contribution in [3.05, 3.63) is 35.7 Å². The maximum absolute atomic E-state index is 13.0. The maximum Gasteiger partial charge on any atom is 0.417 e. The number of rotatable bonds is 4. The van der Waals surface area contributed by atoms with Gasteiger partial charge in [-0.05, 0) is 36.5 Å². The van der Waals surface area contributed by atoms with E-state index in [2.05, 4.69) is 15.0 Å². The van der Waals surface area contributed by atoms with E-state index in [-0.39, 0.29) is 33.3 Å². The van der Waals surface area contributed by atoms with E-state index in [1.807, 2.05) is 0 Å². The molecule has 0 bridgehead atoms. The zero-order chi connectivity index (χ0) is 20.3. The predicted octanol–water partition coefficient (Wildman–Crippen LogP) is 3.72. The summed E-state index contributed by atoms with van der Waals surface area (Å²) in [4.78, 5) is 12.5. The number of fused-ring (bicyclic) bond motifs is 1. The van der Waals surface area contributed by atoms with Crippen molar-refractivity contribution in [2.45, 2.75) is 36.8 Å². The normalized spacial score (nSPS) is 15.3. The molecule has 0 unspecified atom stereocenters. The van der Waals surface area contributed by atoms with Crippen LogP contribution in [0.25, 0.3) is 22.7 Å². The molecule has 0 radical (unpaired) electrons. The van der Waals surface area contributed by atoms with E-state index >= 15 is 0 Å². The van der Waals surface area contributed by atoms with E-state index in [1.54, 1.807) is 19.3 Å². The molecule has 1 saturated carbocycles. The van der Waals surface area contributed by atoms with Crippen LogP contribution in [0.4, 0.5) is 13.2 Å². The number of alkyl halides is 3. The highest BCUT2D eigenvalue weighted by molar-refractivity contribution is 7.91. The van der Waals surface area contributed by atoms with Gasteiger partial charge < -0.3 is 4.57 Å². The van der Waals surface area contributed by atoms with E-state index in [0.717, 1.165) is 30.7 Å². The number of aryl methyl sites for hydroxylation is 1. The molecule has 148 valence electrons. The second-order valence-corrected chi connectivity index (χ2v) is 9.10. The molecular weight excluding hydrogens is 393 g/mol. The van der Waals surface area contributed by atoms with Crippen molar-refractivity contribution < 1.29 is 21.6 Å². The predicted molar refractivity (Wildman–Crippen MR) is 96.4 cm³/mol. The van der Waals surface area contributed by atoms with Crippen molar-refractivity contribution in [3.8, 4) is 11.5 Å². The van der Waals surface area contributed by atoms with Gasteiger partial charge in [-0.3, -0.25) is 4.98 Å². The molecule has 0 saturated heterocycles. The van der Waals surface area contributed by atoms with Gasteiger partial charge in [0.25, 0.3) is 0 Å². The van der Waals surface area contributed by atoms with Crippen LogP contribution in [-0.2, 0) is 23.1 Å². The van der Waals surface area contributed by atoms with E-state index in [0.29, 0.717) is 5.92 Å². The van der Waals surface area contributed by atoms with Crippen LogP contribution >= 0.6 is 0 Å². The summed E-state index contributed by atoms with van der Waals surface area (Å²) in [5, 5.41) is 0. The lowest BCUT2D eigenvalue weighted by molar-refractivity contribution is -0.137. The van der Waals surface area contributed by atoms with Crippen molar-refractivity contribution in [2.24, 2.45) is 7.05 Å². The molecule has 0 aromatic carbocycles. The summed E-state index contributed by atoms with van der Waals surface area (Å²) < 4.78 is 65.7. The highest BCUT2D eigenvalue weighted by atomic mass is 32.2. The summed E-state index contributed by atoms with van der Waals surface area (Å²) in [5.74, 6) is 0.357. The molecule has 28 heavy (non-hydrogen) atoms. The second-order valence-electron chi connectivity index (χ2n) is 6.85. The average Bonchev–Trinajstić information content (AvgIpc) is 3.45. The fourth-order valence-electron chi connectivity index (χ4n) is 3.10. The van der Waals surface area contributed by atoms with Gasteiger partial charge in [-0.15, -0.1) is 0 Å². The molecule has 0 N–H and O–H groups in total. The number of hydrogen-bond donors (Lipinski definition) is 0. The van der Waals surface area contributed by atoms with Crippen LogP contribution in [0.3, 0.4) is 0 Å². The molecule has 10 heteroatoms. The van der Waals surface area contributed by atoms with E-state index in [1.165, 1.54) is 11.5 Å². The van der Waals surface area contributed by atoms with Crippen molar-refractivity contribution in [1.29, 1.82) is 0 Å². The Morgan fingerprint density at radius 1 is 1.18 bits per heavy atom. The molecular formula is C18H17F3N4O2S. The van der Waals surface area contributed by atoms with Crippen molar-refractivity contribution in [3.63, 3.8) is 0 Å². The minimum atomic E-state index is -4.54. The molecule has 6 nitrogen and oxygen atoms in total. The highest BCUT2D eigenvalue weighted by Crippen LogP contribution is 2.41. The average molecular weight is 410 g/mol. The molecule has 0 aliphatic heterocycles. The third kappa shape index (κ3) is 3.15. The summed E-state index contributed by atoms with van der Waals surface area (Å²) in [6, 6.07) is 2.52. The topological polar surface area (TPSA) is 77.7 Å². The molecule has 0 amide bonds. The lowest BCUT2D eigenvalue weighted by Gasteiger charge is -2.10. The largest absolute Gasteiger partial charge is 0.417 e. The van der Waals surface area contributed by atoms with Crippen LogP contribution in [0.1, 0.15) is 36.8 Å². The summed E-state index contributed by atoms with van der Waals surface area (Å²) >= 11 is 0. The van der Waals surface area contributed by atoms with E-state index in [4.69, 9.17) is 0 Å². The third-order valence-electron chi connectivity index (χ3n) is 4.89. The van der Waals surface area contributed by atoms with Crippen LogP contribution in [0, 0.1) is 0 Å². The van der Waals surface area contributed by atoms with Crippen molar-refractivity contribution in [1.82, 2.24) is 19.5 Å². The monoisotopic (exact) mass is 410 g/mol. The van der Waals surface area contributed by atoms with Crippen LogP contribution < -0.4 is 0 Å². The molecule has 1 aliphatic carbocycles. The van der Waals surface area contributed by atoms with Gasteiger partial charge in [0.1, 0.15) is 11.2 Å². The number of nitrogens with zero attached hydrogens (tertiary/aromatic N) is 4. The zero-order valence-electron chi connectivity index (χ0n) is 15.2. The fraction of sp³-hybridized carbons (Fsp3) is 0.389. The standard InChI is InChI=1S/C18H17F3N4O2S/c1-3-28(26,27)14-6-11(10-4-5-10)8-22-15(14)17-24-13-7-12(18(19,20)21)9-23-16(13)25(17)2/h6-10H,3-5H2,1-2H3. The van der Waals surface area contributed by atoms with E-state index < -0.39 is 21.6 Å². The number of pyridine rings is 2. The van der Waals surface area contributed by atoms with Crippen molar-refractivity contribution in [2.75, 3.05) is 5.75 Å². The number of aromatic nitrogens is 4. The van der Waals surface area contributed by atoms with Crippen molar-refractivity contribution >= 4 is 21.0 Å². The van der Waals surface area contributed by atoms with Gasteiger partial charge in [0.2, 0.25) is 0 Å². The quantitative estimate of drug-likeness (QED) is 0.655. The summed E-state index contributed by atoms with van der Waals surface area (Å²) in [7, 11) is -2.03. The van der Waals surface area contributed by atoms with Gasteiger partial charge >= 0.3 is 6.18 Å². The third-order valence-corrected chi connectivity index (χ3v) is 6.63. The first-order valence-electron chi connectivity index (χ1n) is 8.74. The van der Waals surface area contributed by atoms with Crippen LogP contribution in [0.5, 0.6) is 0 Å². The Labute approximate surface area is 159 Å². The van der Waals surface area contributed by atoms with Gasteiger partial charge in [-0.1, -0.05) is 6.92 Å². The molecule has 0 spiro atoms. The number of hydrogen-bond acceptors (Lipinski definition) is 5. The number of halogens is 3. The second kappa shape index (κ2) is 6.26. The van der Waals surface area contributed by atoms with Gasteiger partial charge in [-0.2, -0.15) is 13.2 Å². The Morgan fingerprint density at radius 3 is 2.50 bits per heavy atom. The highest BCUT2D eigenvalue weighted by Gasteiger charge is 2.32. The SMILES string of the molecule is CCS(=O)(=O)c1cc(C2CC2)cnc1-c1nc2cc(C(F)(F)F)cnc2n1C. The molecule has 3 aromatic rings. The first kappa shape index (κ1) is 18.9. The fourth-order valence-corrected chi connectivity index (χ4v) is 4.17. The Hall–Kier alpha value is -2.49. The Morgan fingerprint density at radius 2 is 1.89 bits per heavy atom. The Balaban J connectivity index is 1.93.